The Morgan fingerprint density at radius 2 is 2.12 bits per heavy atom. The second kappa shape index (κ2) is 5.09. The molecular weight excluding hydrogens is 218 g/mol. The average Bonchev–Trinajstić information content (AvgIpc) is 2.29. The summed E-state index contributed by atoms with van der Waals surface area (Å²) in [7, 11) is 0. The molecule has 1 saturated heterocycles. The minimum absolute atomic E-state index is 0.143. The van der Waals surface area contributed by atoms with Gasteiger partial charge in [0, 0.05) is 39.3 Å². The van der Waals surface area contributed by atoms with Gasteiger partial charge in [-0.15, -0.1) is 0 Å². The normalized spacial score (nSPS) is 17.1. The number of aromatic nitrogens is 2. The number of nitrogens with zero attached hydrogens (tertiary/aromatic N) is 4. The first-order valence-corrected chi connectivity index (χ1v) is 5.70. The minimum atomic E-state index is 0.143. The number of nitrogen functional groups attached to an aromatic ring is 1. The summed E-state index contributed by atoms with van der Waals surface area (Å²) in [5.41, 5.74) is 5.60. The molecule has 6 heteroatoms. The van der Waals surface area contributed by atoms with Gasteiger partial charge in [0.2, 0.25) is 5.91 Å². The molecular formula is C11H17N5O. The number of piperazine rings is 1. The Balaban J connectivity index is 1.88. The van der Waals surface area contributed by atoms with E-state index in [0.717, 1.165) is 32.0 Å². The predicted molar refractivity (Wildman–Crippen MR) is 64.0 cm³/mol. The molecule has 1 aromatic heterocycles. The number of carbonyl (C=O) groups excluding carboxylic acids is 1. The molecule has 0 atom stereocenters. The molecule has 1 aliphatic heterocycles. The first-order valence-electron chi connectivity index (χ1n) is 5.70. The molecule has 0 saturated carbocycles. The molecule has 0 aliphatic carbocycles. The third-order valence-corrected chi connectivity index (χ3v) is 2.91. The van der Waals surface area contributed by atoms with Gasteiger partial charge in [-0.25, -0.2) is 9.97 Å². The van der Waals surface area contributed by atoms with Gasteiger partial charge in [0.15, 0.2) is 0 Å². The lowest BCUT2D eigenvalue weighted by molar-refractivity contribution is -0.130. The van der Waals surface area contributed by atoms with E-state index in [4.69, 9.17) is 5.73 Å². The smallest absolute Gasteiger partial charge is 0.219 e. The minimum Gasteiger partial charge on any atom is -0.384 e. The first-order chi connectivity index (χ1) is 8.15. The van der Waals surface area contributed by atoms with Crippen LogP contribution in [0.3, 0.4) is 0 Å². The molecule has 6 nitrogen and oxygen atoms in total. The Labute approximate surface area is 100 Å². The predicted octanol–water partition coefficient (Wildman–Crippen LogP) is -0.277. The monoisotopic (exact) mass is 235 g/mol. The van der Waals surface area contributed by atoms with Gasteiger partial charge in [-0.05, 0) is 6.07 Å². The van der Waals surface area contributed by atoms with Crippen molar-refractivity contribution in [3.05, 3.63) is 18.1 Å². The van der Waals surface area contributed by atoms with Gasteiger partial charge >= 0.3 is 0 Å². The Bertz CT molecular complexity index is 401. The quantitative estimate of drug-likeness (QED) is 0.763. The van der Waals surface area contributed by atoms with Crippen LogP contribution in [0.1, 0.15) is 12.7 Å². The molecule has 1 amide bonds. The molecule has 1 aliphatic rings. The van der Waals surface area contributed by atoms with E-state index in [0.29, 0.717) is 12.4 Å². The molecule has 0 spiro atoms. The Morgan fingerprint density at radius 3 is 2.71 bits per heavy atom. The highest BCUT2D eigenvalue weighted by molar-refractivity contribution is 5.73. The van der Waals surface area contributed by atoms with Crippen molar-refractivity contribution in [3.8, 4) is 0 Å². The second-order valence-electron chi connectivity index (χ2n) is 4.18. The highest BCUT2D eigenvalue weighted by atomic mass is 16.2. The molecule has 1 fully saturated rings. The van der Waals surface area contributed by atoms with Gasteiger partial charge in [0.05, 0.1) is 6.54 Å². The van der Waals surface area contributed by atoms with E-state index in [9.17, 15) is 4.79 Å². The molecule has 0 unspecified atom stereocenters. The number of rotatable bonds is 2. The summed E-state index contributed by atoms with van der Waals surface area (Å²) in [4.78, 5) is 23.6. The lowest BCUT2D eigenvalue weighted by Crippen LogP contribution is -2.47. The van der Waals surface area contributed by atoms with Crippen molar-refractivity contribution in [3.63, 3.8) is 0 Å². The SMILES string of the molecule is CC(=O)N1CCN(Cc2nccc(N)n2)CC1. The highest BCUT2D eigenvalue weighted by Gasteiger charge is 2.19. The van der Waals surface area contributed by atoms with E-state index in [1.165, 1.54) is 0 Å². The summed E-state index contributed by atoms with van der Waals surface area (Å²) >= 11 is 0. The largest absolute Gasteiger partial charge is 0.384 e. The maximum atomic E-state index is 11.2. The Hall–Kier alpha value is -1.69. The van der Waals surface area contributed by atoms with E-state index >= 15 is 0 Å². The Morgan fingerprint density at radius 1 is 1.41 bits per heavy atom. The van der Waals surface area contributed by atoms with Crippen LogP contribution in [0, 0.1) is 0 Å². The summed E-state index contributed by atoms with van der Waals surface area (Å²) < 4.78 is 0. The van der Waals surface area contributed by atoms with Gasteiger partial charge in [-0.1, -0.05) is 0 Å². The fourth-order valence-corrected chi connectivity index (χ4v) is 1.91. The van der Waals surface area contributed by atoms with Crippen molar-refractivity contribution in [2.75, 3.05) is 31.9 Å². The number of carbonyl (C=O) groups is 1. The topological polar surface area (TPSA) is 75.4 Å². The summed E-state index contributed by atoms with van der Waals surface area (Å²) in [5.74, 6) is 1.38. The molecule has 0 aromatic carbocycles. The second-order valence-corrected chi connectivity index (χ2v) is 4.18. The van der Waals surface area contributed by atoms with Crippen LogP contribution >= 0.6 is 0 Å². The van der Waals surface area contributed by atoms with E-state index in [-0.39, 0.29) is 5.91 Å². The third kappa shape index (κ3) is 3.13. The number of hydrogen-bond donors (Lipinski definition) is 1. The van der Waals surface area contributed by atoms with Crippen molar-refractivity contribution in [2.45, 2.75) is 13.5 Å². The van der Waals surface area contributed by atoms with Crippen LogP contribution in [0.5, 0.6) is 0 Å². The van der Waals surface area contributed by atoms with E-state index in [1.54, 1.807) is 19.2 Å². The number of hydrogen-bond acceptors (Lipinski definition) is 5. The van der Waals surface area contributed by atoms with Gasteiger partial charge in [-0.3, -0.25) is 9.69 Å². The fourth-order valence-electron chi connectivity index (χ4n) is 1.91. The van der Waals surface area contributed by atoms with Crippen molar-refractivity contribution >= 4 is 11.7 Å². The molecule has 17 heavy (non-hydrogen) atoms. The number of anilines is 1. The molecule has 0 radical (unpaired) electrons. The lowest BCUT2D eigenvalue weighted by atomic mass is 10.3. The van der Waals surface area contributed by atoms with Gasteiger partial charge in [-0.2, -0.15) is 0 Å². The van der Waals surface area contributed by atoms with Gasteiger partial charge < -0.3 is 10.6 Å². The molecule has 0 bridgehead atoms. The first kappa shape index (κ1) is 11.8. The average molecular weight is 235 g/mol. The van der Waals surface area contributed by atoms with Crippen LogP contribution in [0.2, 0.25) is 0 Å². The molecule has 1 aromatic rings. The molecule has 92 valence electrons. The maximum absolute atomic E-state index is 11.2. The van der Waals surface area contributed by atoms with Crippen molar-refractivity contribution in [1.29, 1.82) is 0 Å². The van der Waals surface area contributed by atoms with Crippen LogP contribution in [-0.4, -0.2) is 51.9 Å². The van der Waals surface area contributed by atoms with Crippen LogP contribution in [0.25, 0.3) is 0 Å². The zero-order valence-corrected chi connectivity index (χ0v) is 9.96. The summed E-state index contributed by atoms with van der Waals surface area (Å²) in [6.07, 6.45) is 1.67. The van der Waals surface area contributed by atoms with Crippen LogP contribution < -0.4 is 5.73 Å². The summed E-state index contributed by atoms with van der Waals surface area (Å²) in [6, 6.07) is 1.68. The lowest BCUT2D eigenvalue weighted by Gasteiger charge is -2.33. The van der Waals surface area contributed by atoms with Crippen LogP contribution in [0.4, 0.5) is 5.82 Å². The number of nitrogens with two attached hydrogens (primary N) is 1. The summed E-state index contributed by atoms with van der Waals surface area (Å²) in [6.45, 7) is 5.57. The van der Waals surface area contributed by atoms with Crippen molar-refractivity contribution < 1.29 is 4.79 Å². The standard InChI is InChI=1S/C11H17N5O/c1-9(17)16-6-4-15(5-7-16)8-11-13-3-2-10(12)14-11/h2-3H,4-8H2,1H3,(H2,12,13,14). The van der Waals surface area contributed by atoms with Gasteiger partial charge in [0.1, 0.15) is 11.6 Å². The Kier molecular flexibility index (Phi) is 3.53. The molecule has 2 rings (SSSR count). The fraction of sp³-hybridized carbons (Fsp3) is 0.545. The van der Waals surface area contributed by atoms with Crippen molar-refractivity contribution in [2.24, 2.45) is 0 Å². The van der Waals surface area contributed by atoms with Crippen LogP contribution in [-0.2, 0) is 11.3 Å². The summed E-state index contributed by atoms with van der Waals surface area (Å²) in [5, 5.41) is 0. The number of amides is 1. The van der Waals surface area contributed by atoms with E-state index in [1.807, 2.05) is 4.90 Å². The molecule has 2 N–H and O–H groups in total. The van der Waals surface area contributed by atoms with Crippen molar-refractivity contribution in [1.82, 2.24) is 19.8 Å². The maximum Gasteiger partial charge on any atom is 0.219 e. The zero-order valence-electron chi connectivity index (χ0n) is 9.96. The third-order valence-electron chi connectivity index (χ3n) is 2.91. The highest BCUT2D eigenvalue weighted by Crippen LogP contribution is 2.06. The van der Waals surface area contributed by atoms with E-state index in [2.05, 4.69) is 14.9 Å². The van der Waals surface area contributed by atoms with Gasteiger partial charge in [0.25, 0.3) is 0 Å². The molecule has 2 heterocycles. The van der Waals surface area contributed by atoms with Crippen LogP contribution in [0.15, 0.2) is 12.3 Å². The zero-order chi connectivity index (χ0) is 12.3. The van der Waals surface area contributed by atoms with E-state index < -0.39 is 0 Å².